The Morgan fingerprint density at radius 2 is 1.94 bits per heavy atom. The van der Waals surface area contributed by atoms with Crippen LogP contribution >= 0.6 is 0 Å². The fourth-order valence-corrected chi connectivity index (χ4v) is 1.53. The predicted molar refractivity (Wildman–Crippen MR) is 64.8 cm³/mol. The van der Waals surface area contributed by atoms with Crippen LogP contribution in [0.1, 0.15) is 20.8 Å². The summed E-state index contributed by atoms with van der Waals surface area (Å²) in [6.07, 6.45) is 5.74. The smallest absolute Gasteiger partial charge is 0.345 e. The van der Waals surface area contributed by atoms with Gasteiger partial charge in [-0.05, 0) is 26.8 Å². The van der Waals surface area contributed by atoms with Crippen molar-refractivity contribution in [3.05, 3.63) is 24.3 Å². The molecule has 2 atom stereocenters. The summed E-state index contributed by atoms with van der Waals surface area (Å²) in [7, 11) is 0. The number of esters is 2. The molecule has 0 aromatic rings. The van der Waals surface area contributed by atoms with Crippen molar-refractivity contribution in [1.29, 1.82) is 0 Å². The van der Waals surface area contributed by atoms with Gasteiger partial charge in [0.25, 0.3) is 0 Å². The van der Waals surface area contributed by atoms with Crippen molar-refractivity contribution in [3.63, 3.8) is 0 Å². The second-order valence-corrected chi connectivity index (χ2v) is 3.66. The predicted octanol–water partition coefficient (Wildman–Crippen LogP) is 1.38. The van der Waals surface area contributed by atoms with Crippen LogP contribution in [0.25, 0.3) is 0 Å². The Balaban J connectivity index is 2.75. The molecule has 0 spiro atoms. The minimum atomic E-state index is -1.17. The highest BCUT2D eigenvalue weighted by Gasteiger charge is 2.61. The largest absolute Gasteiger partial charge is 0.464 e. The third kappa shape index (κ3) is 3.20. The molecule has 0 amide bonds. The van der Waals surface area contributed by atoms with Crippen molar-refractivity contribution in [2.45, 2.75) is 32.5 Å². The Labute approximate surface area is 106 Å². The zero-order valence-corrected chi connectivity index (χ0v) is 10.8. The summed E-state index contributed by atoms with van der Waals surface area (Å²) < 4.78 is 15.0. The van der Waals surface area contributed by atoms with E-state index in [1.54, 1.807) is 26.0 Å². The first-order valence-corrected chi connectivity index (χ1v) is 5.94. The van der Waals surface area contributed by atoms with Gasteiger partial charge in [-0.2, -0.15) is 0 Å². The average Bonchev–Trinajstić information content (AvgIpc) is 3.03. The molecule has 5 heteroatoms. The quantitative estimate of drug-likeness (QED) is 0.310. The van der Waals surface area contributed by atoms with E-state index in [1.165, 1.54) is 12.2 Å². The number of hydrogen-bond acceptors (Lipinski definition) is 5. The number of carbonyl (C=O) groups excluding carboxylic acids is 2. The SMILES string of the molecule is C/C=C/[C@H]1O[C@@]1(/C=C/C(=O)OCC)C(=O)OCC. The molecule has 1 heterocycles. The van der Waals surface area contributed by atoms with Crippen LogP contribution in [0.2, 0.25) is 0 Å². The third-order valence-corrected chi connectivity index (χ3v) is 2.40. The van der Waals surface area contributed by atoms with E-state index in [-0.39, 0.29) is 19.3 Å². The lowest BCUT2D eigenvalue weighted by molar-refractivity contribution is -0.147. The first-order valence-electron chi connectivity index (χ1n) is 5.94. The number of carbonyl (C=O) groups is 2. The van der Waals surface area contributed by atoms with E-state index in [0.717, 1.165) is 0 Å². The van der Waals surface area contributed by atoms with E-state index in [9.17, 15) is 9.59 Å². The van der Waals surface area contributed by atoms with Gasteiger partial charge in [-0.1, -0.05) is 12.2 Å². The summed E-state index contributed by atoms with van der Waals surface area (Å²) in [5, 5.41) is 0. The second kappa shape index (κ2) is 6.35. The van der Waals surface area contributed by atoms with E-state index in [2.05, 4.69) is 0 Å². The molecular weight excluding hydrogens is 236 g/mol. The van der Waals surface area contributed by atoms with Crippen LogP contribution in [-0.4, -0.2) is 36.9 Å². The number of epoxide rings is 1. The number of ether oxygens (including phenoxy) is 3. The molecular formula is C13H18O5. The van der Waals surface area contributed by atoms with Gasteiger partial charge in [0.05, 0.1) is 13.2 Å². The van der Waals surface area contributed by atoms with E-state index < -0.39 is 17.5 Å². The molecule has 0 unspecified atom stereocenters. The average molecular weight is 254 g/mol. The molecule has 1 aliphatic heterocycles. The van der Waals surface area contributed by atoms with Crippen molar-refractivity contribution in [2.24, 2.45) is 0 Å². The Kier molecular flexibility index (Phi) is 5.09. The Morgan fingerprint density at radius 3 is 2.50 bits per heavy atom. The maximum absolute atomic E-state index is 11.8. The van der Waals surface area contributed by atoms with Crippen LogP contribution in [0.5, 0.6) is 0 Å². The molecule has 0 aromatic carbocycles. The molecule has 18 heavy (non-hydrogen) atoms. The fraction of sp³-hybridized carbons (Fsp3) is 0.538. The monoisotopic (exact) mass is 254 g/mol. The molecule has 1 rings (SSSR count). The zero-order chi connectivity index (χ0) is 13.6. The van der Waals surface area contributed by atoms with Crippen LogP contribution in [0.15, 0.2) is 24.3 Å². The van der Waals surface area contributed by atoms with Crippen LogP contribution in [-0.2, 0) is 23.8 Å². The van der Waals surface area contributed by atoms with E-state index in [4.69, 9.17) is 14.2 Å². The first-order chi connectivity index (χ1) is 8.60. The molecule has 1 saturated heterocycles. The highest BCUT2D eigenvalue weighted by atomic mass is 16.7. The minimum absolute atomic E-state index is 0.264. The van der Waals surface area contributed by atoms with E-state index >= 15 is 0 Å². The Hall–Kier alpha value is -1.62. The Bertz CT molecular complexity index is 372. The molecule has 0 aliphatic carbocycles. The van der Waals surface area contributed by atoms with Crippen molar-refractivity contribution >= 4 is 11.9 Å². The van der Waals surface area contributed by atoms with Gasteiger partial charge in [-0.15, -0.1) is 0 Å². The lowest BCUT2D eigenvalue weighted by atomic mass is 10.0. The summed E-state index contributed by atoms with van der Waals surface area (Å²) >= 11 is 0. The lowest BCUT2D eigenvalue weighted by Gasteiger charge is -2.06. The van der Waals surface area contributed by atoms with Crippen LogP contribution in [0, 0.1) is 0 Å². The maximum Gasteiger partial charge on any atom is 0.345 e. The van der Waals surface area contributed by atoms with Crippen molar-refractivity contribution in [3.8, 4) is 0 Å². The van der Waals surface area contributed by atoms with Gasteiger partial charge < -0.3 is 14.2 Å². The normalized spacial score (nSPS) is 26.5. The lowest BCUT2D eigenvalue weighted by Crippen LogP contribution is -2.27. The molecule has 0 aromatic heterocycles. The highest BCUT2D eigenvalue weighted by Crippen LogP contribution is 2.40. The van der Waals surface area contributed by atoms with Gasteiger partial charge >= 0.3 is 11.9 Å². The Morgan fingerprint density at radius 1 is 1.28 bits per heavy atom. The summed E-state index contributed by atoms with van der Waals surface area (Å²) in [6, 6.07) is 0. The van der Waals surface area contributed by atoms with Gasteiger partial charge in [-0.25, -0.2) is 9.59 Å². The third-order valence-electron chi connectivity index (χ3n) is 2.40. The fourth-order valence-electron chi connectivity index (χ4n) is 1.53. The molecule has 100 valence electrons. The molecule has 0 saturated carbocycles. The minimum Gasteiger partial charge on any atom is -0.464 e. The number of rotatable bonds is 6. The standard InChI is InChI=1S/C13H18O5/c1-4-7-10-13(18-10,12(15)17-6-3)9-8-11(14)16-5-2/h4,7-10H,5-6H2,1-3H3/b7-4+,9-8+/t10-,13-/m1/s1. The first kappa shape index (κ1) is 14.4. The van der Waals surface area contributed by atoms with Gasteiger partial charge in [0, 0.05) is 6.08 Å². The highest BCUT2D eigenvalue weighted by molar-refractivity contribution is 5.90. The van der Waals surface area contributed by atoms with Gasteiger partial charge in [0.2, 0.25) is 5.60 Å². The summed E-state index contributed by atoms with van der Waals surface area (Å²) in [5.74, 6) is -0.996. The second-order valence-electron chi connectivity index (χ2n) is 3.66. The van der Waals surface area contributed by atoms with E-state index in [1.807, 2.05) is 6.92 Å². The van der Waals surface area contributed by atoms with Crippen molar-refractivity contribution < 1.29 is 23.8 Å². The maximum atomic E-state index is 11.8. The van der Waals surface area contributed by atoms with Gasteiger partial charge in [-0.3, -0.25) is 0 Å². The summed E-state index contributed by atoms with van der Waals surface area (Å²) in [6.45, 7) is 5.80. The molecule has 1 fully saturated rings. The molecule has 1 aliphatic rings. The van der Waals surface area contributed by atoms with E-state index in [0.29, 0.717) is 0 Å². The summed E-state index contributed by atoms with van der Waals surface area (Å²) in [4.78, 5) is 23.0. The molecule has 0 radical (unpaired) electrons. The van der Waals surface area contributed by atoms with Gasteiger partial charge in [0.15, 0.2) is 0 Å². The van der Waals surface area contributed by atoms with Crippen LogP contribution in [0.3, 0.4) is 0 Å². The molecule has 0 N–H and O–H groups in total. The van der Waals surface area contributed by atoms with Gasteiger partial charge in [0.1, 0.15) is 6.10 Å². The van der Waals surface area contributed by atoms with Crippen molar-refractivity contribution in [1.82, 2.24) is 0 Å². The number of hydrogen-bond donors (Lipinski definition) is 0. The topological polar surface area (TPSA) is 65.1 Å². The van der Waals surface area contributed by atoms with Crippen LogP contribution in [0.4, 0.5) is 0 Å². The van der Waals surface area contributed by atoms with Crippen molar-refractivity contribution in [2.75, 3.05) is 13.2 Å². The van der Waals surface area contributed by atoms with Crippen LogP contribution < -0.4 is 0 Å². The summed E-state index contributed by atoms with van der Waals surface area (Å²) in [5.41, 5.74) is -1.17. The molecule has 0 bridgehead atoms. The number of allylic oxidation sites excluding steroid dienone is 1. The zero-order valence-electron chi connectivity index (χ0n) is 10.8. The molecule has 5 nitrogen and oxygen atoms in total.